The fourth-order valence-corrected chi connectivity index (χ4v) is 6.54. The molecule has 2 aliphatic rings. The van der Waals surface area contributed by atoms with Crippen LogP contribution in [0.4, 0.5) is 32.0 Å². The predicted octanol–water partition coefficient (Wildman–Crippen LogP) is 7.37. The molecule has 1 saturated carbocycles. The van der Waals surface area contributed by atoms with Gasteiger partial charge in [-0.25, -0.2) is 4.90 Å². The van der Waals surface area contributed by atoms with Crippen molar-refractivity contribution in [3.05, 3.63) is 92.7 Å². The van der Waals surface area contributed by atoms with Gasteiger partial charge in [-0.2, -0.15) is 0 Å². The molecule has 1 saturated heterocycles. The van der Waals surface area contributed by atoms with Crippen molar-refractivity contribution in [2.75, 3.05) is 4.90 Å². The molecule has 2 amide bonds. The lowest BCUT2D eigenvalue weighted by atomic mass is 9.78. The largest absolute Gasteiger partial charge is 0.573 e. The Kier molecular flexibility index (Phi) is 6.29. The van der Waals surface area contributed by atoms with Gasteiger partial charge in [-0.05, 0) is 60.5 Å². The van der Waals surface area contributed by atoms with Gasteiger partial charge in [0.15, 0.2) is 5.41 Å². The van der Waals surface area contributed by atoms with Crippen molar-refractivity contribution in [2.24, 2.45) is 5.41 Å². The Bertz CT molecular complexity index is 1540. The van der Waals surface area contributed by atoms with Crippen LogP contribution >= 0.6 is 23.2 Å². The number of anilines is 1. The summed E-state index contributed by atoms with van der Waals surface area (Å²) >= 11 is 12.2. The average molecular weight is 616 g/mol. The molecule has 0 aromatic heterocycles. The third kappa shape index (κ3) is 4.01. The first kappa shape index (κ1) is 28.6. The molecule has 14 heteroatoms. The van der Waals surface area contributed by atoms with E-state index in [9.17, 15) is 35.9 Å². The summed E-state index contributed by atoms with van der Waals surface area (Å²) in [5.74, 6) is -2.89. The van der Waals surface area contributed by atoms with Crippen LogP contribution in [0.3, 0.4) is 0 Å². The first-order valence-electron chi connectivity index (χ1n) is 11.5. The van der Waals surface area contributed by atoms with Crippen LogP contribution in [0.25, 0.3) is 4.85 Å². The number of alkyl halides is 6. The van der Waals surface area contributed by atoms with E-state index < -0.39 is 52.4 Å². The standard InChI is InChI=1S/C27H15Cl2F6N2O4/c1-23-21(38)37(18-12-16(28)11-17(29)13-18)22(39)25(23,36-2)24(23,14-3-7-19(8-4-14)40-26(30,31)32)15-5-9-20(10-6-15)41-27(33,34)35/h2-13H,1H3/q+1/t23-,25+/m1/s1. The normalized spacial score (nSPS) is 23.2. The van der Waals surface area contributed by atoms with E-state index in [1.165, 1.54) is 49.4 Å². The van der Waals surface area contributed by atoms with Gasteiger partial charge in [0.05, 0.1) is 5.69 Å². The van der Waals surface area contributed by atoms with E-state index in [4.69, 9.17) is 29.8 Å². The minimum absolute atomic E-state index is 0.0192. The van der Waals surface area contributed by atoms with Crippen LogP contribution in [-0.4, -0.2) is 30.1 Å². The number of halogens is 8. The Hall–Kier alpha value is -3.95. The molecule has 41 heavy (non-hydrogen) atoms. The summed E-state index contributed by atoms with van der Waals surface area (Å²) in [6.07, 6.45) is -9.98. The molecule has 3 aromatic carbocycles. The van der Waals surface area contributed by atoms with Crippen LogP contribution in [0.15, 0.2) is 66.7 Å². The summed E-state index contributed by atoms with van der Waals surface area (Å²) in [5.41, 5.74) is -5.34. The third-order valence-corrected chi connectivity index (χ3v) is 7.87. The number of piperidine rings is 1. The molecule has 0 spiro atoms. The van der Waals surface area contributed by atoms with Crippen molar-refractivity contribution >= 4 is 40.7 Å². The highest BCUT2D eigenvalue weighted by molar-refractivity contribution is 6.38. The number of fused-ring (bicyclic) bond motifs is 1. The summed E-state index contributed by atoms with van der Waals surface area (Å²) in [6, 6.07) is 12.7. The summed E-state index contributed by atoms with van der Waals surface area (Å²) in [7, 11) is 0. The highest BCUT2D eigenvalue weighted by atomic mass is 35.5. The highest BCUT2D eigenvalue weighted by Gasteiger charge is 3.06. The van der Waals surface area contributed by atoms with Gasteiger partial charge < -0.3 is 9.47 Å². The van der Waals surface area contributed by atoms with Crippen LogP contribution in [0.2, 0.25) is 10.0 Å². The Balaban J connectivity index is 1.69. The van der Waals surface area contributed by atoms with Crippen molar-refractivity contribution in [3.63, 3.8) is 0 Å². The SMILES string of the molecule is C#[N+][C@@]12C(=O)N(c3cc(Cl)cc(Cl)c3)C(=O)[C@]1(C)C2(c1ccc(OC(F)(F)F)cc1)c1ccc(OC(F)(F)F)cc1. The number of hydrogen-bond acceptors (Lipinski definition) is 4. The first-order valence-corrected chi connectivity index (χ1v) is 12.3. The van der Waals surface area contributed by atoms with Crippen molar-refractivity contribution in [1.82, 2.24) is 0 Å². The molecule has 2 atom stereocenters. The lowest BCUT2D eigenvalue weighted by Crippen LogP contribution is -2.45. The number of carbonyl (C=O) groups excluding carboxylic acids is 2. The second-order valence-electron chi connectivity index (χ2n) is 9.43. The average Bonchev–Trinajstić information content (AvgIpc) is 3.31. The van der Waals surface area contributed by atoms with Crippen LogP contribution in [0, 0.1) is 12.0 Å². The zero-order valence-corrected chi connectivity index (χ0v) is 22.0. The molecule has 0 unspecified atom stereocenters. The van der Waals surface area contributed by atoms with Crippen molar-refractivity contribution < 1.29 is 45.4 Å². The van der Waals surface area contributed by atoms with Crippen LogP contribution in [-0.2, 0) is 15.0 Å². The number of imide groups is 1. The second kappa shape index (κ2) is 9.03. The molecular weight excluding hydrogens is 601 g/mol. The molecule has 0 radical (unpaired) electrons. The van der Waals surface area contributed by atoms with E-state index in [1.807, 2.05) is 0 Å². The Morgan fingerprint density at radius 1 is 0.756 bits per heavy atom. The molecule has 1 aliphatic heterocycles. The topological polar surface area (TPSA) is 60.2 Å². The Morgan fingerprint density at radius 3 is 1.51 bits per heavy atom. The predicted molar refractivity (Wildman–Crippen MR) is 135 cm³/mol. The van der Waals surface area contributed by atoms with Gasteiger partial charge in [-0.3, -0.25) is 9.59 Å². The summed E-state index contributed by atoms with van der Waals surface area (Å²) < 4.78 is 84.5. The lowest BCUT2D eigenvalue weighted by molar-refractivity contribution is -0.275. The minimum Gasteiger partial charge on any atom is -0.406 e. The van der Waals surface area contributed by atoms with Crippen molar-refractivity contribution in [3.8, 4) is 18.1 Å². The third-order valence-electron chi connectivity index (χ3n) is 7.44. The summed E-state index contributed by atoms with van der Waals surface area (Å²) in [6.45, 7) is 7.24. The Labute approximate surface area is 237 Å². The van der Waals surface area contributed by atoms with Gasteiger partial charge in [0.1, 0.15) is 16.9 Å². The number of benzene rings is 3. The van der Waals surface area contributed by atoms with Gasteiger partial charge >= 0.3 is 24.2 Å². The second-order valence-corrected chi connectivity index (χ2v) is 10.3. The zero-order valence-electron chi connectivity index (χ0n) is 20.5. The van der Waals surface area contributed by atoms with Gasteiger partial charge in [0.2, 0.25) is 0 Å². The lowest BCUT2D eigenvalue weighted by Gasteiger charge is -2.27. The Morgan fingerprint density at radius 2 is 1.17 bits per heavy atom. The summed E-state index contributed by atoms with van der Waals surface area (Å²) in [5, 5.41) is 0.230. The van der Waals surface area contributed by atoms with E-state index in [-0.39, 0.29) is 26.9 Å². The van der Waals surface area contributed by atoms with E-state index in [0.29, 0.717) is 0 Å². The minimum atomic E-state index is -4.99. The quantitative estimate of drug-likeness (QED) is 0.222. The van der Waals surface area contributed by atoms with E-state index in [1.54, 1.807) is 0 Å². The van der Waals surface area contributed by atoms with E-state index in [0.717, 1.165) is 29.2 Å². The number of rotatable bonds is 5. The molecule has 5 rings (SSSR count). The summed E-state index contributed by atoms with van der Waals surface area (Å²) in [4.78, 5) is 32.9. The fourth-order valence-electron chi connectivity index (χ4n) is 6.03. The molecule has 1 aliphatic carbocycles. The smallest absolute Gasteiger partial charge is 0.406 e. The molecule has 1 heterocycles. The van der Waals surface area contributed by atoms with Crippen molar-refractivity contribution in [2.45, 2.75) is 30.6 Å². The van der Waals surface area contributed by atoms with Gasteiger partial charge in [-0.1, -0.05) is 52.3 Å². The number of ether oxygens (including phenoxy) is 2. The number of nitrogens with zero attached hydrogens (tertiary/aromatic N) is 2. The monoisotopic (exact) mass is 615 g/mol. The van der Waals surface area contributed by atoms with E-state index >= 15 is 0 Å². The maximum atomic E-state index is 14.1. The molecule has 212 valence electrons. The van der Waals surface area contributed by atoms with Gasteiger partial charge in [0.25, 0.3) is 12.5 Å². The van der Waals surface area contributed by atoms with Crippen LogP contribution in [0.5, 0.6) is 11.5 Å². The van der Waals surface area contributed by atoms with Gasteiger partial charge in [-0.15, -0.1) is 26.3 Å². The highest BCUT2D eigenvalue weighted by Crippen LogP contribution is 2.81. The van der Waals surface area contributed by atoms with E-state index in [2.05, 4.69) is 14.3 Å². The first-order chi connectivity index (χ1) is 19.0. The van der Waals surface area contributed by atoms with Crippen LogP contribution < -0.4 is 14.4 Å². The number of amides is 2. The molecule has 0 bridgehead atoms. The van der Waals surface area contributed by atoms with Crippen molar-refractivity contribution in [1.29, 1.82) is 0 Å². The maximum absolute atomic E-state index is 14.1. The molecule has 6 nitrogen and oxygen atoms in total. The fraction of sp³-hybridized carbons (Fsp3) is 0.222. The molecule has 2 fully saturated rings. The molecular formula is C27H15Cl2F6N2O4+. The number of carbonyl (C=O) groups is 2. The molecule has 3 aromatic rings. The van der Waals surface area contributed by atoms with Crippen LogP contribution in [0.1, 0.15) is 18.1 Å². The number of hydrogen-bond donors (Lipinski definition) is 0. The molecule has 0 N–H and O–H groups in total. The van der Waals surface area contributed by atoms with Gasteiger partial charge in [0, 0.05) is 10.0 Å². The maximum Gasteiger partial charge on any atom is 0.573 e. The zero-order chi connectivity index (χ0) is 30.2.